The fraction of sp³-hybridized carbons (Fsp3) is 0.500. The number of fused-ring (bicyclic) bond motifs is 1. The molecule has 6 nitrogen and oxygen atoms in total. The van der Waals surface area contributed by atoms with Gasteiger partial charge in [0, 0.05) is 13.0 Å². The molecule has 1 heterocycles. The number of amides is 3. The third-order valence-corrected chi connectivity index (χ3v) is 4.88. The minimum atomic E-state index is -4.88. The Bertz CT molecular complexity index is 726. The smallest absolute Gasteiger partial charge is 0.404 e. The highest BCUT2D eigenvalue weighted by molar-refractivity contribution is 6.05. The maximum absolute atomic E-state index is 12.4. The normalized spacial score (nSPS) is 22.6. The van der Waals surface area contributed by atoms with Gasteiger partial charge in [-0.15, -0.1) is 13.2 Å². The number of nitrogens with one attached hydrogen (secondary N) is 1. The van der Waals surface area contributed by atoms with E-state index >= 15 is 0 Å². The van der Waals surface area contributed by atoms with Gasteiger partial charge >= 0.3 is 6.36 Å². The number of para-hydroxylation sites is 2. The van der Waals surface area contributed by atoms with Gasteiger partial charge in [0.1, 0.15) is 0 Å². The third-order valence-electron chi connectivity index (χ3n) is 4.88. The highest BCUT2D eigenvalue weighted by Gasteiger charge is 2.47. The molecule has 2 atom stereocenters. The molecule has 146 valence electrons. The molecular formula is C18H19F3N2O4. The maximum Gasteiger partial charge on any atom is 0.573 e. The number of likely N-dealkylation sites (tertiary alicyclic amines) is 1. The molecule has 1 saturated carbocycles. The average molecular weight is 384 g/mol. The Hall–Kier alpha value is -2.58. The van der Waals surface area contributed by atoms with Crippen molar-refractivity contribution in [3.63, 3.8) is 0 Å². The second-order valence-electron chi connectivity index (χ2n) is 6.67. The highest BCUT2D eigenvalue weighted by atomic mass is 19.4. The summed E-state index contributed by atoms with van der Waals surface area (Å²) in [5, 5.41) is 2.34. The SMILES string of the molecule is O=C(CCN1C(=O)C2CCCCC2C1=O)Nc1ccccc1OC(F)(F)F. The van der Waals surface area contributed by atoms with E-state index in [2.05, 4.69) is 10.1 Å². The highest BCUT2D eigenvalue weighted by Crippen LogP contribution is 2.38. The quantitative estimate of drug-likeness (QED) is 0.792. The lowest BCUT2D eigenvalue weighted by atomic mass is 9.81. The molecule has 1 aliphatic heterocycles. The summed E-state index contributed by atoms with van der Waals surface area (Å²) in [6.07, 6.45) is -1.90. The molecule has 2 unspecified atom stereocenters. The molecule has 1 aliphatic carbocycles. The van der Waals surface area contributed by atoms with Gasteiger partial charge in [-0.1, -0.05) is 25.0 Å². The number of benzene rings is 1. The summed E-state index contributed by atoms with van der Waals surface area (Å²) in [5.41, 5.74) is -0.132. The minimum Gasteiger partial charge on any atom is -0.404 e. The van der Waals surface area contributed by atoms with Gasteiger partial charge < -0.3 is 10.1 Å². The van der Waals surface area contributed by atoms with Crippen LogP contribution >= 0.6 is 0 Å². The zero-order chi connectivity index (χ0) is 19.6. The van der Waals surface area contributed by atoms with E-state index < -0.39 is 18.0 Å². The van der Waals surface area contributed by atoms with Crippen molar-refractivity contribution in [1.29, 1.82) is 0 Å². The molecule has 1 saturated heterocycles. The van der Waals surface area contributed by atoms with E-state index in [-0.39, 0.29) is 42.3 Å². The van der Waals surface area contributed by atoms with E-state index in [1.165, 1.54) is 18.2 Å². The Morgan fingerprint density at radius 1 is 1.11 bits per heavy atom. The maximum atomic E-state index is 12.4. The van der Waals surface area contributed by atoms with E-state index in [9.17, 15) is 27.6 Å². The van der Waals surface area contributed by atoms with Gasteiger partial charge in [-0.25, -0.2) is 0 Å². The number of imide groups is 1. The van der Waals surface area contributed by atoms with Crippen LogP contribution in [0.15, 0.2) is 24.3 Å². The monoisotopic (exact) mass is 384 g/mol. The molecule has 1 aromatic rings. The Balaban J connectivity index is 1.59. The van der Waals surface area contributed by atoms with Gasteiger partial charge in [0.2, 0.25) is 17.7 Å². The number of alkyl halides is 3. The molecule has 9 heteroatoms. The van der Waals surface area contributed by atoms with E-state index in [0.717, 1.165) is 23.8 Å². The Kier molecular flexibility index (Phi) is 5.38. The number of halogens is 3. The number of rotatable bonds is 5. The van der Waals surface area contributed by atoms with Crippen LogP contribution < -0.4 is 10.1 Å². The summed E-state index contributed by atoms with van der Waals surface area (Å²) < 4.78 is 41.2. The van der Waals surface area contributed by atoms with Crippen molar-refractivity contribution in [2.24, 2.45) is 11.8 Å². The van der Waals surface area contributed by atoms with E-state index in [1.807, 2.05) is 0 Å². The molecule has 0 spiro atoms. The summed E-state index contributed by atoms with van der Waals surface area (Å²) in [4.78, 5) is 37.9. The van der Waals surface area contributed by atoms with Crippen molar-refractivity contribution in [2.75, 3.05) is 11.9 Å². The summed E-state index contributed by atoms with van der Waals surface area (Å²) in [6, 6.07) is 5.16. The van der Waals surface area contributed by atoms with Crippen LogP contribution in [0.1, 0.15) is 32.1 Å². The first-order chi connectivity index (χ1) is 12.8. The lowest BCUT2D eigenvalue weighted by molar-refractivity contribution is -0.274. The lowest BCUT2D eigenvalue weighted by Gasteiger charge is -2.19. The first-order valence-corrected chi connectivity index (χ1v) is 8.76. The fourth-order valence-electron chi connectivity index (χ4n) is 3.66. The second-order valence-corrected chi connectivity index (χ2v) is 6.67. The van der Waals surface area contributed by atoms with Crippen molar-refractivity contribution >= 4 is 23.4 Å². The van der Waals surface area contributed by atoms with Crippen molar-refractivity contribution in [1.82, 2.24) is 4.90 Å². The summed E-state index contributed by atoms with van der Waals surface area (Å²) in [7, 11) is 0. The molecule has 2 aliphatic rings. The summed E-state index contributed by atoms with van der Waals surface area (Å²) in [6.45, 7) is -0.0845. The molecule has 0 aromatic heterocycles. The number of carbonyl (C=O) groups is 3. The zero-order valence-electron chi connectivity index (χ0n) is 14.4. The number of ether oxygens (including phenoxy) is 1. The van der Waals surface area contributed by atoms with Gasteiger partial charge in [0.15, 0.2) is 5.75 Å². The third kappa shape index (κ3) is 4.40. The van der Waals surface area contributed by atoms with Gasteiger partial charge in [0.25, 0.3) is 0 Å². The molecule has 0 radical (unpaired) electrons. The average Bonchev–Trinajstić information content (AvgIpc) is 2.85. The van der Waals surface area contributed by atoms with Crippen LogP contribution in [0.4, 0.5) is 18.9 Å². The summed E-state index contributed by atoms with van der Waals surface area (Å²) >= 11 is 0. The van der Waals surface area contributed by atoms with Gasteiger partial charge in [-0.2, -0.15) is 0 Å². The molecule has 0 bridgehead atoms. The van der Waals surface area contributed by atoms with Crippen LogP contribution in [0.3, 0.4) is 0 Å². The summed E-state index contributed by atoms with van der Waals surface area (Å²) in [5.74, 6) is -2.23. The molecule has 27 heavy (non-hydrogen) atoms. The van der Waals surface area contributed by atoms with Crippen molar-refractivity contribution in [2.45, 2.75) is 38.5 Å². The topological polar surface area (TPSA) is 75.7 Å². The lowest BCUT2D eigenvalue weighted by Crippen LogP contribution is -2.34. The fourth-order valence-corrected chi connectivity index (χ4v) is 3.66. The molecule has 3 amide bonds. The van der Waals surface area contributed by atoms with E-state index in [1.54, 1.807) is 0 Å². The first kappa shape index (κ1) is 19.2. The van der Waals surface area contributed by atoms with Crippen molar-refractivity contribution in [3.05, 3.63) is 24.3 Å². The molecule has 3 rings (SSSR count). The molecule has 2 fully saturated rings. The second kappa shape index (κ2) is 7.58. The minimum absolute atomic E-state index is 0.0845. The van der Waals surface area contributed by atoms with Crippen LogP contribution in [0.5, 0.6) is 5.75 Å². The molecular weight excluding hydrogens is 365 g/mol. The molecule has 1 aromatic carbocycles. The Labute approximate surface area is 153 Å². The van der Waals surface area contributed by atoms with Gasteiger partial charge in [-0.05, 0) is 25.0 Å². The number of hydrogen-bond donors (Lipinski definition) is 1. The van der Waals surface area contributed by atoms with Crippen LogP contribution in [-0.4, -0.2) is 35.5 Å². The standard InChI is InChI=1S/C18H19F3N2O4/c19-18(20,21)27-14-8-4-3-7-13(14)22-15(24)9-10-23-16(25)11-5-1-2-6-12(11)17(23)26/h3-4,7-8,11-12H,1-2,5-6,9-10H2,(H,22,24). The van der Waals surface area contributed by atoms with E-state index in [0.29, 0.717) is 12.8 Å². The molecule has 1 N–H and O–H groups in total. The largest absolute Gasteiger partial charge is 0.573 e. The predicted molar refractivity (Wildman–Crippen MR) is 88.5 cm³/mol. The van der Waals surface area contributed by atoms with Crippen LogP contribution in [-0.2, 0) is 14.4 Å². The van der Waals surface area contributed by atoms with Crippen molar-refractivity contribution in [3.8, 4) is 5.75 Å². The predicted octanol–water partition coefficient (Wildman–Crippen LogP) is 3.09. The number of anilines is 1. The first-order valence-electron chi connectivity index (χ1n) is 8.76. The zero-order valence-corrected chi connectivity index (χ0v) is 14.4. The van der Waals surface area contributed by atoms with Crippen LogP contribution in [0.2, 0.25) is 0 Å². The number of nitrogens with zero attached hydrogens (tertiary/aromatic N) is 1. The van der Waals surface area contributed by atoms with Gasteiger partial charge in [0.05, 0.1) is 17.5 Å². The van der Waals surface area contributed by atoms with Crippen LogP contribution in [0.25, 0.3) is 0 Å². The van der Waals surface area contributed by atoms with Crippen molar-refractivity contribution < 1.29 is 32.3 Å². The van der Waals surface area contributed by atoms with Gasteiger partial charge in [-0.3, -0.25) is 19.3 Å². The number of carbonyl (C=O) groups excluding carboxylic acids is 3. The Morgan fingerprint density at radius 3 is 2.30 bits per heavy atom. The van der Waals surface area contributed by atoms with E-state index in [4.69, 9.17) is 0 Å². The van der Waals surface area contributed by atoms with Crippen LogP contribution in [0, 0.1) is 11.8 Å². The Morgan fingerprint density at radius 2 is 1.70 bits per heavy atom. The number of hydrogen-bond acceptors (Lipinski definition) is 4.